The van der Waals surface area contributed by atoms with Gasteiger partial charge in [-0.25, -0.2) is 4.79 Å². The van der Waals surface area contributed by atoms with Crippen molar-refractivity contribution in [2.24, 2.45) is 0 Å². The third kappa shape index (κ3) is 5.75. The van der Waals surface area contributed by atoms with E-state index in [1.54, 1.807) is 32.9 Å². The number of ether oxygens (including phenoxy) is 2. The van der Waals surface area contributed by atoms with E-state index < -0.39 is 11.7 Å². The summed E-state index contributed by atoms with van der Waals surface area (Å²) in [5.74, 6) is 0.281. The Bertz CT molecular complexity index is 883. The molecule has 0 radical (unpaired) electrons. The van der Waals surface area contributed by atoms with Gasteiger partial charge in [0.05, 0.1) is 12.7 Å². The van der Waals surface area contributed by atoms with Crippen LogP contribution in [-0.4, -0.2) is 35.9 Å². The van der Waals surface area contributed by atoms with Crippen LogP contribution in [0.2, 0.25) is 5.02 Å². The first kappa shape index (κ1) is 22.6. The summed E-state index contributed by atoms with van der Waals surface area (Å²) in [6.45, 7) is 6.00. The van der Waals surface area contributed by atoms with Gasteiger partial charge >= 0.3 is 5.97 Å². The molecule has 0 amide bonds. The number of esters is 1. The van der Waals surface area contributed by atoms with Gasteiger partial charge in [-0.15, -0.1) is 0 Å². The Morgan fingerprint density at radius 3 is 2.80 bits per heavy atom. The van der Waals surface area contributed by atoms with E-state index >= 15 is 0 Å². The zero-order valence-corrected chi connectivity index (χ0v) is 18.5. The topological polar surface area (TPSA) is 67.8 Å². The molecule has 0 spiro atoms. The number of carbonyl (C=O) groups is 1. The molecule has 2 N–H and O–H groups in total. The molecular formula is C24H30ClNO4. The van der Waals surface area contributed by atoms with Crippen LogP contribution in [0.4, 0.5) is 0 Å². The first-order valence-corrected chi connectivity index (χ1v) is 10.8. The molecule has 1 aliphatic rings. The van der Waals surface area contributed by atoms with E-state index in [1.165, 1.54) is 11.1 Å². The molecule has 3 rings (SSSR count). The number of carbonyl (C=O) groups excluding carboxylic acids is 1. The SMILES string of the molecule is CCOC(=O)C(C)(C)Oc1ccc2c(c1)C[C@@H](NC[C@H](O)c1cccc(Cl)c1)CC2. The lowest BCUT2D eigenvalue weighted by atomic mass is 9.88. The maximum atomic E-state index is 12.1. The van der Waals surface area contributed by atoms with Crippen molar-refractivity contribution in [1.82, 2.24) is 5.32 Å². The highest BCUT2D eigenvalue weighted by molar-refractivity contribution is 6.30. The fourth-order valence-electron chi connectivity index (χ4n) is 3.72. The van der Waals surface area contributed by atoms with E-state index in [9.17, 15) is 9.90 Å². The zero-order valence-electron chi connectivity index (χ0n) is 17.8. The van der Waals surface area contributed by atoms with Crippen molar-refractivity contribution in [1.29, 1.82) is 0 Å². The lowest BCUT2D eigenvalue weighted by Gasteiger charge is -2.28. The summed E-state index contributed by atoms with van der Waals surface area (Å²) in [5.41, 5.74) is 2.26. The highest BCUT2D eigenvalue weighted by Gasteiger charge is 2.32. The van der Waals surface area contributed by atoms with E-state index in [2.05, 4.69) is 11.4 Å². The molecule has 30 heavy (non-hydrogen) atoms. The highest BCUT2D eigenvalue weighted by atomic mass is 35.5. The Morgan fingerprint density at radius 2 is 2.07 bits per heavy atom. The summed E-state index contributed by atoms with van der Waals surface area (Å²) in [6.07, 6.45) is 2.20. The molecule has 0 aliphatic heterocycles. The fourth-order valence-corrected chi connectivity index (χ4v) is 3.92. The number of aliphatic hydroxyl groups excluding tert-OH is 1. The second-order valence-electron chi connectivity index (χ2n) is 8.18. The van der Waals surface area contributed by atoms with Crippen LogP contribution in [0.1, 0.15) is 50.0 Å². The maximum Gasteiger partial charge on any atom is 0.349 e. The predicted molar refractivity (Wildman–Crippen MR) is 118 cm³/mol. The van der Waals surface area contributed by atoms with Gasteiger partial charge in [-0.1, -0.05) is 29.8 Å². The van der Waals surface area contributed by atoms with Crippen LogP contribution in [0.25, 0.3) is 0 Å². The van der Waals surface area contributed by atoms with Crippen LogP contribution >= 0.6 is 11.6 Å². The number of hydrogen-bond acceptors (Lipinski definition) is 5. The number of benzene rings is 2. The average Bonchev–Trinajstić information content (AvgIpc) is 2.71. The number of nitrogens with one attached hydrogen (secondary N) is 1. The van der Waals surface area contributed by atoms with Gasteiger partial charge in [-0.2, -0.15) is 0 Å². The molecule has 162 valence electrons. The summed E-state index contributed by atoms with van der Waals surface area (Å²) in [6, 6.07) is 13.6. The van der Waals surface area contributed by atoms with E-state index in [0.29, 0.717) is 23.9 Å². The molecule has 2 aromatic carbocycles. The number of fused-ring (bicyclic) bond motifs is 1. The molecule has 5 nitrogen and oxygen atoms in total. The van der Waals surface area contributed by atoms with Crippen molar-refractivity contribution in [3.05, 3.63) is 64.2 Å². The second-order valence-corrected chi connectivity index (χ2v) is 8.62. The van der Waals surface area contributed by atoms with Crippen molar-refractivity contribution < 1.29 is 19.4 Å². The Labute approximate surface area is 183 Å². The minimum Gasteiger partial charge on any atom is -0.476 e. The minimum atomic E-state index is -1.04. The third-order valence-electron chi connectivity index (χ3n) is 5.38. The first-order valence-electron chi connectivity index (χ1n) is 10.4. The summed E-state index contributed by atoms with van der Waals surface area (Å²) in [4.78, 5) is 12.1. The zero-order chi connectivity index (χ0) is 21.7. The van der Waals surface area contributed by atoms with Crippen LogP contribution in [0.3, 0.4) is 0 Å². The summed E-state index contributed by atoms with van der Waals surface area (Å²) < 4.78 is 11.0. The highest BCUT2D eigenvalue weighted by Crippen LogP contribution is 2.28. The monoisotopic (exact) mass is 431 g/mol. The van der Waals surface area contributed by atoms with Gasteiger partial charge < -0.3 is 19.9 Å². The molecule has 0 aromatic heterocycles. The number of hydrogen-bond donors (Lipinski definition) is 2. The summed E-state index contributed by atoms with van der Waals surface area (Å²) >= 11 is 6.02. The Balaban J connectivity index is 1.61. The fraction of sp³-hybridized carbons (Fsp3) is 0.458. The molecule has 0 bridgehead atoms. The third-order valence-corrected chi connectivity index (χ3v) is 5.61. The van der Waals surface area contributed by atoms with E-state index in [0.717, 1.165) is 24.8 Å². The van der Waals surface area contributed by atoms with Crippen molar-refractivity contribution in [3.63, 3.8) is 0 Å². The van der Waals surface area contributed by atoms with Crippen molar-refractivity contribution >= 4 is 17.6 Å². The average molecular weight is 432 g/mol. The summed E-state index contributed by atoms with van der Waals surface area (Å²) in [5, 5.41) is 14.5. The predicted octanol–water partition coefficient (Wildman–Crippen LogP) is 4.24. The normalized spacial score (nSPS) is 17.2. The summed E-state index contributed by atoms with van der Waals surface area (Å²) in [7, 11) is 0. The van der Waals surface area contributed by atoms with E-state index in [-0.39, 0.29) is 12.0 Å². The number of halogens is 1. The molecule has 0 fully saturated rings. The van der Waals surface area contributed by atoms with E-state index in [4.69, 9.17) is 21.1 Å². The van der Waals surface area contributed by atoms with Gasteiger partial charge in [-0.3, -0.25) is 0 Å². The number of aryl methyl sites for hydroxylation is 1. The lowest BCUT2D eigenvalue weighted by Crippen LogP contribution is -2.40. The van der Waals surface area contributed by atoms with Crippen LogP contribution < -0.4 is 10.1 Å². The number of rotatable bonds is 8. The van der Waals surface area contributed by atoms with Gasteiger partial charge in [0, 0.05) is 17.6 Å². The van der Waals surface area contributed by atoms with Crippen LogP contribution in [0.15, 0.2) is 42.5 Å². The second kappa shape index (κ2) is 9.82. The van der Waals surface area contributed by atoms with E-state index in [1.807, 2.05) is 24.3 Å². The first-order chi connectivity index (χ1) is 14.3. The van der Waals surface area contributed by atoms with Crippen molar-refractivity contribution in [2.45, 2.75) is 57.8 Å². The molecule has 0 saturated carbocycles. The van der Waals surface area contributed by atoms with Gasteiger partial charge in [0.1, 0.15) is 5.75 Å². The molecule has 2 aromatic rings. The number of aliphatic hydroxyl groups is 1. The molecule has 0 saturated heterocycles. The molecule has 0 unspecified atom stereocenters. The van der Waals surface area contributed by atoms with Crippen LogP contribution in [0.5, 0.6) is 5.75 Å². The van der Waals surface area contributed by atoms with Crippen LogP contribution in [-0.2, 0) is 22.4 Å². The largest absolute Gasteiger partial charge is 0.476 e. The lowest BCUT2D eigenvalue weighted by molar-refractivity contribution is -0.158. The smallest absolute Gasteiger partial charge is 0.349 e. The van der Waals surface area contributed by atoms with Crippen molar-refractivity contribution in [2.75, 3.05) is 13.2 Å². The molecule has 0 heterocycles. The maximum absolute atomic E-state index is 12.1. The molecule has 6 heteroatoms. The van der Waals surface area contributed by atoms with Crippen LogP contribution in [0, 0.1) is 0 Å². The van der Waals surface area contributed by atoms with Gasteiger partial charge in [0.15, 0.2) is 5.60 Å². The van der Waals surface area contributed by atoms with Gasteiger partial charge in [-0.05, 0) is 81.0 Å². The Kier molecular flexibility index (Phi) is 7.40. The quantitative estimate of drug-likeness (QED) is 0.612. The minimum absolute atomic E-state index is 0.264. The Hall–Kier alpha value is -2.08. The molecular weight excluding hydrogens is 402 g/mol. The standard InChI is InChI=1S/C24H30ClNO4/c1-4-29-23(28)24(2,3)30-21-11-9-16-8-10-20(13-18(16)14-21)26-15-22(27)17-6-5-7-19(25)12-17/h5-7,9,11-12,14,20,22,26-27H,4,8,10,13,15H2,1-3H3/t20-,22-/m0/s1. The molecule has 1 aliphatic carbocycles. The van der Waals surface area contributed by atoms with Gasteiger partial charge in [0.25, 0.3) is 0 Å². The van der Waals surface area contributed by atoms with Crippen molar-refractivity contribution in [3.8, 4) is 5.75 Å². The molecule has 2 atom stereocenters. The van der Waals surface area contributed by atoms with Gasteiger partial charge in [0.2, 0.25) is 0 Å². The Morgan fingerprint density at radius 1 is 1.27 bits per heavy atom.